The van der Waals surface area contributed by atoms with Crippen LogP contribution in [0.4, 0.5) is 0 Å². The molecule has 0 radical (unpaired) electrons. The first kappa shape index (κ1) is 15.0. The fourth-order valence-electron chi connectivity index (χ4n) is 2.56. The number of nitrogens with one attached hydrogen (secondary N) is 1. The van der Waals surface area contributed by atoms with Gasteiger partial charge in [0.25, 0.3) is 0 Å². The summed E-state index contributed by atoms with van der Waals surface area (Å²) in [6, 6.07) is 9.19. The highest BCUT2D eigenvalue weighted by Crippen LogP contribution is 2.12. The second-order valence-corrected chi connectivity index (χ2v) is 5.36. The van der Waals surface area contributed by atoms with Crippen LogP contribution in [-0.4, -0.2) is 42.7 Å². The van der Waals surface area contributed by atoms with Crippen LogP contribution in [0, 0.1) is 11.3 Å². The van der Waals surface area contributed by atoms with Crippen molar-refractivity contribution in [1.29, 1.82) is 5.26 Å². The highest BCUT2D eigenvalue weighted by atomic mass is 16.3. The van der Waals surface area contributed by atoms with E-state index in [1.54, 1.807) is 12.1 Å². The lowest BCUT2D eigenvalue weighted by atomic mass is 10.1. The van der Waals surface area contributed by atoms with E-state index < -0.39 is 6.10 Å². The molecule has 1 aliphatic rings. The van der Waals surface area contributed by atoms with E-state index in [1.807, 2.05) is 12.1 Å². The normalized spacial score (nSPS) is 17.6. The molecule has 4 nitrogen and oxygen atoms in total. The third kappa shape index (κ3) is 4.61. The summed E-state index contributed by atoms with van der Waals surface area (Å²) < 4.78 is 0. The van der Waals surface area contributed by atoms with E-state index in [0.29, 0.717) is 12.1 Å². The number of nitrogens with zero attached hydrogens (tertiary/aromatic N) is 2. The van der Waals surface area contributed by atoms with E-state index in [9.17, 15) is 5.11 Å². The third-order valence-corrected chi connectivity index (χ3v) is 3.82. The van der Waals surface area contributed by atoms with Gasteiger partial charge in [-0.15, -0.1) is 0 Å². The van der Waals surface area contributed by atoms with Gasteiger partial charge in [-0.2, -0.15) is 5.26 Å². The summed E-state index contributed by atoms with van der Waals surface area (Å²) >= 11 is 0. The largest absolute Gasteiger partial charge is 0.387 e. The Bertz CT molecular complexity index is 432. The molecule has 4 heteroatoms. The SMILES string of the molecule is N#Cc1ccc(C(O)CNCCN2CCCCC2)cc1. The molecule has 0 saturated carbocycles. The van der Waals surface area contributed by atoms with Gasteiger partial charge in [0.2, 0.25) is 0 Å². The molecule has 2 rings (SSSR count). The quantitative estimate of drug-likeness (QED) is 0.774. The summed E-state index contributed by atoms with van der Waals surface area (Å²) in [5.74, 6) is 0. The van der Waals surface area contributed by atoms with Gasteiger partial charge in [-0.25, -0.2) is 0 Å². The van der Waals surface area contributed by atoms with E-state index in [4.69, 9.17) is 5.26 Å². The minimum absolute atomic E-state index is 0.510. The highest BCUT2D eigenvalue weighted by Gasteiger charge is 2.10. The summed E-state index contributed by atoms with van der Waals surface area (Å²) in [7, 11) is 0. The second-order valence-electron chi connectivity index (χ2n) is 5.36. The number of hydrogen-bond acceptors (Lipinski definition) is 4. The lowest BCUT2D eigenvalue weighted by molar-refractivity contribution is 0.169. The van der Waals surface area contributed by atoms with Gasteiger partial charge >= 0.3 is 0 Å². The van der Waals surface area contributed by atoms with Crippen molar-refractivity contribution in [2.75, 3.05) is 32.7 Å². The number of aliphatic hydroxyl groups excluding tert-OH is 1. The molecule has 0 bridgehead atoms. The van der Waals surface area contributed by atoms with Crippen LogP contribution in [0.25, 0.3) is 0 Å². The molecule has 0 amide bonds. The maximum atomic E-state index is 10.1. The highest BCUT2D eigenvalue weighted by molar-refractivity contribution is 5.32. The van der Waals surface area contributed by atoms with E-state index in [2.05, 4.69) is 16.3 Å². The van der Waals surface area contributed by atoms with Crippen LogP contribution in [0.3, 0.4) is 0 Å². The van der Waals surface area contributed by atoms with Crippen LogP contribution >= 0.6 is 0 Å². The Kier molecular flexibility index (Phi) is 6.00. The van der Waals surface area contributed by atoms with Crippen LogP contribution in [0.2, 0.25) is 0 Å². The van der Waals surface area contributed by atoms with Crippen LogP contribution in [0.15, 0.2) is 24.3 Å². The molecule has 1 fully saturated rings. The molecule has 1 aromatic carbocycles. The smallest absolute Gasteiger partial charge is 0.0991 e. The second kappa shape index (κ2) is 8.01. The Hall–Kier alpha value is -1.41. The summed E-state index contributed by atoms with van der Waals surface area (Å²) in [6.45, 7) is 4.94. The Morgan fingerprint density at radius 2 is 1.90 bits per heavy atom. The maximum absolute atomic E-state index is 10.1. The van der Waals surface area contributed by atoms with Crippen LogP contribution < -0.4 is 5.32 Å². The van der Waals surface area contributed by atoms with Crippen molar-refractivity contribution in [3.63, 3.8) is 0 Å². The standard InChI is InChI=1S/C16H23N3O/c17-12-14-4-6-15(7-5-14)16(20)13-18-8-11-19-9-2-1-3-10-19/h4-7,16,18,20H,1-3,8-11,13H2. The number of aliphatic hydroxyl groups is 1. The summed E-state index contributed by atoms with van der Waals surface area (Å²) in [4.78, 5) is 2.48. The summed E-state index contributed by atoms with van der Waals surface area (Å²) in [5, 5.41) is 22.1. The van der Waals surface area contributed by atoms with Crippen molar-refractivity contribution in [2.45, 2.75) is 25.4 Å². The van der Waals surface area contributed by atoms with Gasteiger partial charge < -0.3 is 15.3 Å². The average Bonchev–Trinajstić information content (AvgIpc) is 2.52. The van der Waals surface area contributed by atoms with Crippen LogP contribution in [-0.2, 0) is 0 Å². The molecule has 1 atom stereocenters. The number of benzene rings is 1. The zero-order valence-corrected chi connectivity index (χ0v) is 11.9. The van der Waals surface area contributed by atoms with Gasteiger partial charge in [0.1, 0.15) is 0 Å². The first-order chi connectivity index (χ1) is 9.79. The Morgan fingerprint density at radius 1 is 1.20 bits per heavy atom. The van der Waals surface area contributed by atoms with E-state index >= 15 is 0 Å². The fourth-order valence-corrected chi connectivity index (χ4v) is 2.56. The van der Waals surface area contributed by atoms with Gasteiger partial charge in [-0.1, -0.05) is 18.6 Å². The van der Waals surface area contributed by atoms with Crippen molar-refractivity contribution in [2.24, 2.45) is 0 Å². The molecule has 0 spiro atoms. The number of piperidine rings is 1. The first-order valence-electron chi connectivity index (χ1n) is 7.41. The Balaban J connectivity index is 1.66. The lowest BCUT2D eigenvalue weighted by Crippen LogP contribution is -2.36. The fraction of sp³-hybridized carbons (Fsp3) is 0.562. The molecule has 1 unspecified atom stereocenters. The molecule has 1 aliphatic heterocycles. The number of likely N-dealkylation sites (tertiary alicyclic amines) is 1. The van der Waals surface area contributed by atoms with Crippen molar-refractivity contribution < 1.29 is 5.11 Å². The van der Waals surface area contributed by atoms with E-state index in [-0.39, 0.29) is 0 Å². The minimum atomic E-state index is -0.510. The third-order valence-electron chi connectivity index (χ3n) is 3.82. The summed E-state index contributed by atoms with van der Waals surface area (Å²) in [6.07, 6.45) is 3.48. The van der Waals surface area contributed by atoms with Gasteiger partial charge in [-0.3, -0.25) is 0 Å². The lowest BCUT2D eigenvalue weighted by Gasteiger charge is -2.26. The topological polar surface area (TPSA) is 59.3 Å². The zero-order chi connectivity index (χ0) is 14.2. The number of hydrogen-bond donors (Lipinski definition) is 2. The first-order valence-corrected chi connectivity index (χ1v) is 7.41. The number of rotatable bonds is 6. The van der Waals surface area contributed by atoms with Gasteiger partial charge in [0, 0.05) is 19.6 Å². The Morgan fingerprint density at radius 3 is 2.55 bits per heavy atom. The van der Waals surface area contributed by atoms with E-state index in [0.717, 1.165) is 18.7 Å². The molecule has 1 aromatic rings. The molecule has 0 aromatic heterocycles. The van der Waals surface area contributed by atoms with Crippen molar-refractivity contribution in [3.05, 3.63) is 35.4 Å². The predicted octanol–water partition coefficient (Wildman–Crippen LogP) is 1.67. The van der Waals surface area contributed by atoms with E-state index in [1.165, 1.54) is 32.4 Å². The monoisotopic (exact) mass is 273 g/mol. The van der Waals surface area contributed by atoms with Crippen LogP contribution in [0.1, 0.15) is 36.5 Å². The van der Waals surface area contributed by atoms with Crippen molar-refractivity contribution in [3.8, 4) is 6.07 Å². The number of nitriles is 1. The molecule has 20 heavy (non-hydrogen) atoms. The molecule has 2 N–H and O–H groups in total. The maximum Gasteiger partial charge on any atom is 0.0991 e. The van der Waals surface area contributed by atoms with Crippen molar-refractivity contribution >= 4 is 0 Å². The summed E-state index contributed by atoms with van der Waals surface area (Å²) in [5.41, 5.74) is 1.48. The molecular formula is C16H23N3O. The van der Waals surface area contributed by atoms with Gasteiger partial charge in [0.15, 0.2) is 0 Å². The molecule has 1 heterocycles. The zero-order valence-electron chi connectivity index (χ0n) is 11.9. The molecule has 108 valence electrons. The Labute approximate surface area is 121 Å². The van der Waals surface area contributed by atoms with Crippen LogP contribution in [0.5, 0.6) is 0 Å². The molecule has 0 aliphatic carbocycles. The minimum Gasteiger partial charge on any atom is -0.387 e. The molecule has 1 saturated heterocycles. The average molecular weight is 273 g/mol. The predicted molar refractivity (Wildman–Crippen MR) is 79.3 cm³/mol. The molecular weight excluding hydrogens is 250 g/mol. The van der Waals surface area contributed by atoms with Crippen molar-refractivity contribution in [1.82, 2.24) is 10.2 Å². The van der Waals surface area contributed by atoms with Gasteiger partial charge in [-0.05, 0) is 43.6 Å². The van der Waals surface area contributed by atoms with Gasteiger partial charge in [0.05, 0.1) is 17.7 Å².